The molecule has 0 atom stereocenters. The summed E-state index contributed by atoms with van der Waals surface area (Å²) < 4.78 is 0. The van der Waals surface area contributed by atoms with Crippen molar-refractivity contribution in [3.63, 3.8) is 0 Å². The molecular weight excluding hydrogens is 80.1 g/mol. The van der Waals surface area contributed by atoms with Gasteiger partial charge in [-0.1, -0.05) is 14.4 Å². The minimum absolute atomic E-state index is 0. The van der Waals surface area contributed by atoms with E-state index >= 15 is 0 Å². The maximum absolute atomic E-state index is 3.92. The molecule has 0 fully saturated rings. The van der Waals surface area contributed by atoms with Crippen LogP contribution >= 0.6 is 12.6 Å². The van der Waals surface area contributed by atoms with Gasteiger partial charge in [0.25, 0.3) is 0 Å². The Bertz CT molecular complexity index is 5.61. The third-order valence-electron chi connectivity index (χ3n) is 0.224. The van der Waals surface area contributed by atoms with Crippen LogP contribution in [0.3, 0.4) is 0 Å². The number of hydrogen-bond acceptors (Lipinski definition) is 1. The van der Waals surface area contributed by atoms with E-state index in [0.29, 0.717) is 0 Å². The molecule has 0 aromatic rings. The standard InChI is InChI=1S/C3H8S.CH4/c1-2-3-4;/h4H,2-3H2,1H3;1H4. The van der Waals surface area contributed by atoms with Crippen LogP contribution < -0.4 is 0 Å². The zero-order chi connectivity index (χ0) is 3.41. The first-order valence-electron chi connectivity index (χ1n) is 1.52. The molecule has 0 N–H and O–H groups in total. The average Bonchev–Trinajstić information content (AvgIpc) is 1.37. The van der Waals surface area contributed by atoms with Crippen molar-refractivity contribution in [3.8, 4) is 0 Å². The molecule has 0 unspecified atom stereocenters. The van der Waals surface area contributed by atoms with Gasteiger partial charge in [-0.2, -0.15) is 12.6 Å². The van der Waals surface area contributed by atoms with Crippen LogP contribution in [0.5, 0.6) is 0 Å². The molecule has 0 saturated carbocycles. The predicted molar refractivity (Wildman–Crippen MR) is 30.9 cm³/mol. The van der Waals surface area contributed by atoms with Gasteiger partial charge in [0.1, 0.15) is 0 Å². The quantitative estimate of drug-likeness (QED) is 0.470. The highest BCUT2D eigenvalue weighted by Crippen LogP contribution is 1.74. The molecule has 0 nitrogen and oxygen atoms in total. The van der Waals surface area contributed by atoms with Gasteiger partial charge >= 0.3 is 0 Å². The van der Waals surface area contributed by atoms with Crippen LogP contribution in [0, 0.1) is 0 Å². The number of hydrogen-bond donors (Lipinski definition) is 1. The van der Waals surface area contributed by atoms with Crippen molar-refractivity contribution in [2.75, 3.05) is 5.75 Å². The lowest BCUT2D eigenvalue weighted by atomic mass is 10.6. The van der Waals surface area contributed by atoms with Crippen LogP contribution in [0.1, 0.15) is 20.8 Å². The van der Waals surface area contributed by atoms with Crippen LogP contribution in [-0.4, -0.2) is 5.75 Å². The van der Waals surface area contributed by atoms with E-state index in [1.165, 1.54) is 6.42 Å². The SMILES string of the molecule is C.CCCS. The second-order valence-electron chi connectivity index (χ2n) is 0.724. The minimum Gasteiger partial charge on any atom is -0.179 e. The number of rotatable bonds is 1. The first kappa shape index (κ1) is 9.02. The first-order chi connectivity index (χ1) is 1.91. The van der Waals surface area contributed by atoms with Crippen LogP contribution in [-0.2, 0) is 0 Å². The van der Waals surface area contributed by atoms with Crippen molar-refractivity contribution in [2.45, 2.75) is 20.8 Å². The van der Waals surface area contributed by atoms with E-state index < -0.39 is 0 Å². The zero-order valence-corrected chi connectivity index (χ0v) is 3.76. The van der Waals surface area contributed by atoms with Gasteiger partial charge in [0, 0.05) is 0 Å². The predicted octanol–water partition coefficient (Wildman–Crippen LogP) is 1.96. The average molecular weight is 92.2 g/mol. The lowest BCUT2D eigenvalue weighted by molar-refractivity contribution is 1.11. The molecule has 0 spiro atoms. The maximum Gasteiger partial charge on any atom is -0.0101 e. The summed E-state index contributed by atoms with van der Waals surface area (Å²) in [5, 5.41) is 0. The molecule has 0 bridgehead atoms. The van der Waals surface area contributed by atoms with Crippen molar-refractivity contribution < 1.29 is 0 Å². The van der Waals surface area contributed by atoms with Gasteiger partial charge < -0.3 is 0 Å². The van der Waals surface area contributed by atoms with E-state index in [-0.39, 0.29) is 7.43 Å². The second kappa shape index (κ2) is 8.84. The van der Waals surface area contributed by atoms with E-state index in [1.807, 2.05) is 0 Å². The van der Waals surface area contributed by atoms with E-state index in [1.54, 1.807) is 0 Å². The Hall–Kier alpha value is 0.350. The van der Waals surface area contributed by atoms with Crippen LogP contribution in [0.15, 0.2) is 0 Å². The summed E-state index contributed by atoms with van der Waals surface area (Å²) in [6, 6.07) is 0. The summed E-state index contributed by atoms with van der Waals surface area (Å²) in [4.78, 5) is 0. The highest BCUT2D eigenvalue weighted by atomic mass is 32.1. The smallest absolute Gasteiger partial charge is 0.0101 e. The zero-order valence-electron chi connectivity index (χ0n) is 2.86. The molecule has 0 radical (unpaired) electrons. The molecule has 0 aliphatic carbocycles. The Kier molecular flexibility index (Phi) is 15.9. The number of thiol groups is 1. The summed E-state index contributed by atoms with van der Waals surface area (Å²) in [7, 11) is 0. The van der Waals surface area contributed by atoms with Gasteiger partial charge in [-0.05, 0) is 12.2 Å². The molecular formula is C4H12S. The summed E-state index contributed by atoms with van der Waals surface area (Å²) in [6.45, 7) is 2.10. The van der Waals surface area contributed by atoms with Gasteiger partial charge in [-0.15, -0.1) is 0 Å². The minimum atomic E-state index is 0. The fourth-order valence-corrected chi connectivity index (χ4v) is 0. The van der Waals surface area contributed by atoms with Crippen LogP contribution in [0.2, 0.25) is 0 Å². The van der Waals surface area contributed by atoms with Gasteiger partial charge in [-0.3, -0.25) is 0 Å². The van der Waals surface area contributed by atoms with Crippen LogP contribution in [0.25, 0.3) is 0 Å². The van der Waals surface area contributed by atoms with E-state index in [0.717, 1.165) is 5.75 Å². The molecule has 1 heteroatoms. The van der Waals surface area contributed by atoms with Crippen LogP contribution in [0.4, 0.5) is 0 Å². The monoisotopic (exact) mass is 92.1 g/mol. The van der Waals surface area contributed by atoms with Gasteiger partial charge in [0.15, 0.2) is 0 Å². The molecule has 0 heterocycles. The Balaban J connectivity index is 0. The lowest BCUT2D eigenvalue weighted by Gasteiger charge is -1.67. The van der Waals surface area contributed by atoms with Crippen molar-refractivity contribution in [3.05, 3.63) is 0 Å². The third kappa shape index (κ3) is 13.2. The Morgan fingerprint density at radius 3 is 1.80 bits per heavy atom. The molecule has 0 rings (SSSR count). The van der Waals surface area contributed by atoms with Gasteiger partial charge in [-0.25, -0.2) is 0 Å². The fraction of sp³-hybridized carbons (Fsp3) is 1.00. The van der Waals surface area contributed by atoms with Gasteiger partial charge in [0.2, 0.25) is 0 Å². The first-order valence-corrected chi connectivity index (χ1v) is 2.16. The van der Waals surface area contributed by atoms with E-state index in [2.05, 4.69) is 19.6 Å². The topological polar surface area (TPSA) is 0 Å². The maximum atomic E-state index is 3.92. The van der Waals surface area contributed by atoms with Crippen molar-refractivity contribution in [2.24, 2.45) is 0 Å². The van der Waals surface area contributed by atoms with Crippen molar-refractivity contribution in [1.82, 2.24) is 0 Å². The van der Waals surface area contributed by atoms with Crippen molar-refractivity contribution in [1.29, 1.82) is 0 Å². The molecule has 0 aliphatic heterocycles. The lowest BCUT2D eigenvalue weighted by Crippen LogP contribution is -1.56. The summed E-state index contributed by atoms with van der Waals surface area (Å²) in [5.41, 5.74) is 0. The fourth-order valence-electron chi connectivity index (χ4n) is 0. The largest absolute Gasteiger partial charge is 0.179 e. The molecule has 5 heavy (non-hydrogen) atoms. The van der Waals surface area contributed by atoms with Crippen molar-refractivity contribution >= 4 is 12.6 Å². The highest BCUT2D eigenvalue weighted by molar-refractivity contribution is 7.80. The molecule has 0 aromatic carbocycles. The molecule has 34 valence electrons. The second-order valence-corrected chi connectivity index (χ2v) is 1.17. The van der Waals surface area contributed by atoms with Gasteiger partial charge in [0.05, 0.1) is 0 Å². The Labute approximate surface area is 40.0 Å². The molecule has 0 saturated heterocycles. The third-order valence-corrected chi connectivity index (χ3v) is 0.671. The summed E-state index contributed by atoms with van der Waals surface area (Å²) in [5.74, 6) is 1.01. The van der Waals surface area contributed by atoms with E-state index in [9.17, 15) is 0 Å². The molecule has 0 aromatic heterocycles. The summed E-state index contributed by atoms with van der Waals surface area (Å²) in [6.07, 6.45) is 1.18. The summed E-state index contributed by atoms with van der Waals surface area (Å²) >= 11 is 3.92. The normalized spacial score (nSPS) is 6.00. The highest BCUT2D eigenvalue weighted by Gasteiger charge is 1.57. The molecule has 0 aliphatic rings. The molecule has 0 amide bonds. The Morgan fingerprint density at radius 2 is 1.80 bits per heavy atom. The van der Waals surface area contributed by atoms with E-state index in [4.69, 9.17) is 0 Å². The Morgan fingerprint density at radius 1 is 1.60 bits per heavy atom.